The number of alkyl halides is 1. The lowest BCUT2D eigenvalue weighted by Gasteiger charge is -2.12. The monoisotopic (exact) mass is 427 g/mol. The fourth-order valence-corrected chi connectivity index (χ4v) is 3.16. The number of rotatable bonds is 2. The molecule has 2 aromatic heterocycles. The summed E-state index contributed by atoms with van der Waals surface area (Å²) in [6, 6.07) is 8.01. The second kappa shape index (κ2) is 5.71. The van der Waals surface area contributed by atoms with Crippen molar-refractivity contribution in [1.82, 2.24) is 14.5 Å². The van der Waals surface area contributed by atoms with Crippen LogP contribution in [-0.2, 0) is 0 Å². The highest BCUT2D eigenvalue weighted by Gasteiger charge is 2.19. The average molecular weight is 430 g/mol. The summed E-state index contributed by atoms with van der Waals surface area (Å²) in [4.78, 5) is 9.19. The zero-order valence-electron chi connectivity index (χ0n) is 11.4. The Labute approximate surface area is 144 Å². The molecule has 0 saturated carbocycles. The molecule has 6 heteroatoms. The zero-order valence-corrected chi connectivity index (χ0v) is 15.4. The third-order valence-corrected chi connectivity index (χ3v) is 4.52. The van der Waals surface area contributed by atoms with Crippen LogP contribution in [0.4, 0.5) is 0 Å². The Morgan fingerprint density at radius 3 is 2.71 bits per heavy atom. The van der Waals surface area contributed by atoms with Gasteiger partial charge in [0.1, 0.15) is 11.3 Å². The van der Waals surface area contributed by atoms with E-state index in [0.29, 0.717) is 0 Å². The Morgan fingerprint density at radius 1 is 1.24 bits per heavy atom. The van der Waals surface area contributed by atoms with Gasteiger partial charge in [-0.05, 0) is 59.6 Å². The van der Waals surface area contributed by atoms with Crippen LogP contribution in [-0.4, -0.2) is 14.5 Å². The Bertz CT molecular complexity index is 827. The molecule has 0 saturated heterocycles. The van der Waals surface area contributed by atoms with Gasteiger partial charge in [-0.3, -0.25) is 4.57 Å². The van der Waals surface area contributed by atoms with E-state index in [1.165, 1.54) is 0 Å². The zero-order chi connectivity index (χ0) is 15.1. The first-order valence-electron chi connectivity index (χ1n) is 6.42. The van der Waals surface area contributed by atoms with Crippen molar-refractivity contribution in [1.29, 1.82) is 0 Å². The van der Waals surface area contributed by atoms with Gasteiger partial charge in [0.25, 0.3) is 0 Å². The fraction of sp³-hybridized carbons (Fsp3) is 0.200. The van der Waals surface area contributed by atoms with E-state index in [-0.39, 0.29) is 5.38 Å². The lowest BCUT2D eigenvalue weighted by molar-refractivity contribution is 0.874. The summed E-state index contributed by atoms with van der Waals surface area (Å²) in [6.45, 7) is 3.92. The van der Waals surface area contributed by atoms with Crippen molar-refractivity contribution in [3.8, 4) is 5.69 Å². The molecule has 0 radical (unpaired) electrons. The maximum Gasteiger partial charge on any atom is 0.164 e. The van der Waals surface area contributed by atoms with Crippen LogP contribution in [0.1, 0.15) is 23.7 Å². The molecule has 1 unspecified atom stereocenters. The van der Waals surface area contributed by atoms with E-state index < -0.39 is 0 Å². The number of hydrogen-bond donors (Lipinski definition) is 0. The molecule has 0 aliphatic heterocycles. The van der Waals surface area contributed by atoms with E-state index in [1.807, 2.05) is 48.9 Å². The number of imidazole rings is 1. The number of nitrogens with zero attached hydrogens (tertiary/aromatic N) is 3. The number of fused-ring (bicyclic) bond motifs is 1. The molecule has 0 amide bonds. The van der Waals surface area contributed by atoms with E-state index in [4.69, 9.17) is 11.6 Å². The minimum Gasteiger partial charge on any atom is -0.278 e. The van der Waals surface area contributed by atoms with Crippen molar-refractivity contribution in [3.05, 3.63) is 50.8 Å². The summed E-state index contributed by atoms with van der Waals surface area (Å²) >= 11 is 13.4. The van der Waals surface area contributed by atoms with Gasteiger partial charge >= 0.3 is 0 Å². The van der Waals surface area contributed by atoms with E-state index in [0.717, 1.165) is 37.2 Å². The average Bonchev–Trinajstić information content (AvgIpc) is 2.80. The molecule has 1 aromatic carbocycles. The van der Waals surface area contributed by atoms with Crippen molar-refractivity contribution in [2.24, 2.45) is 0 Å². The number of benzene rings is 1. The van der Waals surface area contributed by atoms with Crippen LogP contribution >= 0.6 is 43.5 Å². The molecule has 0 N–H and O–H groups in total. The van der Waals surface area contributed by atoms with Gasteiger partial charge in [0.05, 0.1) is 11.1 Å². The number of halogens is 3. The molecule has 3 rings (SSSR count). The number of hydrogen-bond acceptors (Lipinski definition) is 2. The third-order valence-electron chi connectivity index (χ3n) is 3.16. The van der Waals surface area contributed by atoms with Crippen LogP contribution in [0, 0.1) is 6.92 Å². The summed E-state index contributed by atoms with van der Waals surface area (Å²) < 4.78 is 3.95. The van der Waals surface area contributed by atoms with Crippen LogP contribution in [0.2, 0.25) is 0 Å². The smallest absolute Gasteiger partial charge is 0.164 e. The van der Waals surface area contributed by atoms with Gasteiger partial charge in [-0.25, -0.2) is 9.97 Å². The molecule has 0 fully saturated rings. The van der Waals surface area contributed by atoms with Gasteiger partial charge in [-0.2, -0.15) is 0 Å². The molecule has 2 heterocycles. The van der Waals surface area contributed by atoms with Gasteiger partial charge < -0.3 is 0 Å². The highest BCUT2D eigenvalue weighted by molar-refractivity contribution is 9.11. The molecular formula is C15H12Br2ClN3. The first-order valence-corrected chi connectivity index (χ1v) is 8.44. The highest BCUT2D eigenvalue weighted by atomic mass is 79.9. The second-order valence-corrected chi connectivity index (χ2v) is 7.30. The number of aryl methyl sites for hydroxylation is 1. The minimum atomic E-state index is -0.217. The van der Waals surface area contributed by atoms with Crippen LogP contribution in [0.3, 0.4) is 0 Å². The van der Waals surface area contributed by atoms with Gasteiger partial charge in [0, 0.05) is 15.1 Å². The summed E-state index contributed by atoms with van der Waals surface area (Å²) in [5.74, 6) is 0.781. The maximum atomic E-state index is 6.32. The lowest BCUT2D eigenvalue weighted by atomic mass is 10.3. The normalized spacial score (nSPS) is 12.8. The van der Waals surface area contributed by atoms with Crippen LogP contribution in [0.5, 0.6) is 0 Å². The summed E-state index contributed by atoms with van der Waals surface area (Å²) in [7, 11) is 0. The van der Waals surface area contributed by atoms with Crippen molar-refractivity contribution in [2.45, 2.75) is 19.2 Å². The second-order valence-electron chi connectivity index (χ2n) is 4.87. The third kappa shape index (κ3) is 2.74. The van der Waals surface area contributed by atoms with Crippen molar-refractivity contribution >= 4 is 54.6 Å². The quantitative estimate of drug-likeness (QED) is 0.500. The van der Waals surface area contributed by atoms with Crippen molar-refractivity contribution < 1.29 is 0 Å². The molecule has 0 spiro atoms. The first kappa shape index (κ1) is 15.0. The van der Waals surface area contributed by atoms with Crippen LogP contribution < -0.4 is 0 Å². The Balaban J connectivity index is 2.39. The molecule has 0 aliphatic carbocycles. The predicted octanol–water partition coefficient (Wildman–Crippen LogP) is 5.55. The molecule has 3 nitrogen and oxygen atoms in total. The summed E-state index contributed by atoms with van der Waals surface area (Å²) in [6.07, 6.45) is 1.84. The minimum absolute atomic E-state index is 0.217. The topological polar surface area (TPSA) is 30.7 Å². The van der Waals surface area contributed by atoms with Gasteiger partial charge in [-0.15, -0.1) is 11.6 Å². The van der Waals surface area contributed by atoms with Crippen LogP contribution in [0.15, 0.2) is 39.4 Å². The van der Waals surface area contributed by atoms with E-state index in [2.05, 4.69) is 41.8 Å². The molecule has 0 aliphatic rings. The molecule has 3 aromatic rings. The van der Waals surface area contributed by atoms with Gasteiger partial charge in [0.15, 0.2) is 5.65 Å². The summed E-state index contributed by atoms with van der Waals surface area (Å²) in [5, 5.41) is -0.217. The highest BCUT2D eigenvalue weighted by Crippen LogP contribution is 2.32. The van der Waals surface area contributed by atoms with Crippen molar-refractivity contribution in [2.75, 3.05) is 0 Å². The standard InChI is InChI=1S/C15H12Br2ClN3/c1-8-5-12-15(19-7-8)21(14(20-12)9(2)18)13-6-10(16)3-4-11(13)17/h3-7,9H,1-2H3. The summed E-state index contributed by atoms with van der Waals surface area (Å²) in [5.41, 5.74) is 3.70. The number of pyridine rings is 1. The number of aromatic nitrogens is 3. The fourth-order valence-electron chi connectivity index (χ4n) is 2.24. The molecule has 0 bridgehead atoms. The SMILES string of the molecule is Cc1cnc2c(c1)nc(C(C)Cl)n2-c1cc(Br)ccc1Br. The largest absolute Gasteiger partial charge is 0.278 e. The Hall–Kier alpha value is -0.910. The van der Waals surface area contributed by atoms with Gasteiger partial charge in [0.2, 0.25) is 0 Å². The van der Waals surface area contributed by atoms with Crippen molar-refractivity contribution in [3.63, 3.8) is 0 Å². The first-order chi connectivity index (χ1) is 9.97. The predicted molar refractivity (Wildman–Crippen MR) is 93.3 cm³/mol. The Morgan fingerprint density at radius 2 is 2.00 bits per heavy atom. The Kier molecular flexibility index (Phi) is 4.08. The molecule has 21 heavy (non-hydrogen) atoms. The lowest BCUT2D eigenvalue weighted by Crippen LogP contribution is -2.03. The van der Waals surface area contributed by atoms with E-state index in [1.54, 1.807) is 0 Å². The maximum absolute atomic E-state index is 6.32. The van der Waals surface area contributed by atoms with E-state index >= 15 is 0 Å². The van der Waals surface area contributed by atoms with E-state index in [9.17, 15) is 0 Å². The van der Waals surface area contributed by atoms with Gasteiger partial charge in [-0.1, -0.05) is 15.9 Å². The molecule has 108 valence electrons. The van der Waals surface area contributed by atoms with Crippen LogP contribution in [0.25, 0.3) is 16.9 Å². The molecule has 1 atom stereocenters. The molecular weight excluding hydrogens is 417 g/mol.